The van der Waals surface area contributed by atoms with Gasteiger partial charge in [0.25, 0.3) is 0 Å². The number of carbonyl (C=O) groups excluding carboxylic acids is 1. The zero-order valence-corrected chi connectivity index (χ0v) is 12.1. The first kappa shape index (κ1) is 15.6. The summed E-state index contributed by atoms with van der Waals surface area (Å²) in [6, 6.07) is 1.49. The molecule has 0 radical (unpaired) electrons. The lowest BCUT2D eigenvalue weighted by atomic mass is 10.0. The van der Waals surface area contributed by atoms with Crippen molar-refractivity contribution in [1.82, 2.24) is 0 Å². The monoisotopic (exact) mass is 288 g/mol. The van der Waals surface area contributed by atoms with Gasteiger partial charge in [-0.25, -0.2) is 4.79 Å². The third-order valence-electron chi connectivity index (χ3n) is 2.69. The molecular formula is C13H17ClO5. The van der Waals surface area contributed by atoms with E-state index in [1.807, 2.05) is 0 Å². The molecule has 0 aliphatic heterocycles. The van der Waals surface area contributed by atoms with E-state index in [-0.39, 0.29) is 17.2 Å². The summed E-state index contributed by atoms with van der Waals surface area (Å²) in [4.78, 5) is 11.6. The smallest absolute Gasteiger partial charge is 0.339 e. The predicted octanol–water partition coefficient (Wildman–Crippen LogP) is 2.26. The molecule has 0 aliphatic rings. The van der Waals surface area contributed by atoms with Crippen LogP contribution in [-0.2, 0) is 9.53 Å². The van der Waals surface area contributed by atoms with Crippen molar-refractivity contribution in [3.8, 4) is 11.5 Å². The minimum absolute atomic E-state index is 0.180. The maximum atomic E-state index is 11.6. The Morgan fingerprint density at radius 1 is 1.42 bits per heavy atom. The Bertz CT molecular complexity index is 473. The van der Waals surface area contributed by atoms with Crippen LogP contribution in [0.5, 0.6) is 11.5 Å². The summed E-state index contributed by atoms with van der Waals surface area (Å²) in [6.07, 6.45) is -1.45. The lowest BCUT2D eigenvalue weighted by molar-refractivity contribution is -0.153. The molecule has 0 saturated heterocycles. The highest BCUT2D eigenvalue weighted by molar-refractivity contribution is 6.32. The second-order valence-corrected chi connectivity index (χ2v) is 4.19. The maximum Gasteiger partial charge on any atom is 0.339 e. The van der Waals surface area contributed by atoms with Crippen molar-refractivity contribution in [2.45, 2.75) is 20.0 Å². The Morgan fingerprint density at radius 3 is 2.53 bits per heavy atom. The molecule has 1 aromatic rings. The largest absolute Gasteiger partial charge is 0.493 e. The van der Waals surface area contributed by atoms with E-state index in [4.69, 9.17) is 25.8 Å². The Labute approximate surface area is 117 Å². The van der Waals surface area contributed by atoms with Crippen molar-refractivity contribution in [1.29, 1.82) is 0 Å². The Morgan fingerprint density at radius 2 is 2.05 bits per heavy atom. The van der Waals surface area contributed by atoms with Crippen molar-refractivity contribution < 1.29 is 24.1 Å². The van der Waals surface area contributed by atoms with Crippen molar-refractivity contribution in [2.24, 2.45) is 0 Å². The molecule has 0 amide bonds. The second-order valence-electron chi connectivity index (χ2n) is 3.79. The molecule has 1 unspecified atom stereocenters. The summed E-state index contributed by atoms with van der Waals surface area (Å²) in [7, 11) is 2.95. The predicted molar refractivity (Wildman–Crippen MR) is 70.9 cm³/mol. The van der Waals surface area contributed by atoms with Gasteiger partial charge < -0.3 is 19.3 Å². The molecule has 0 aliphatic carbocycles. The summed E-state index contributed by atoms with van der Waals surface area (Å²) in [5, 5.41) is 10.2. The molecule has 0 spiro atoms. The van der Waals surface area contributed by atoms with Crippen molar-refractivity contribution in [3.05, 3.63) is 22.2 Å². The van der Waals surface area contributed by atoms with Crippen molar-refractivity contribution >= 4 is 17.6 Å². The minimum atomic E-state index is -1.45. The third-order valence-corrected chi connectivity index (χ3v) is 3.00. The molecule has 106 valence electrons. The Balaban J connectivity index is 3.32. The number of methoxy groups -OCH3 is 2. The van der Waals surface area contributed by atoms with Crippen LogP contribution in [0, 0.1) is 6.92 Å². The number of esters is 1. The molecule has 1 atom stereocenters. The van der Waals surface area contributed by atoms with Gasteiger partial charge in [-0.1, -0.05) is 11.6 Å². The lowest BCUT2D eigenvalue weighted by Crippen LogP contribution is -2.17. The van der Waals surface area contributed by atoms with E-state index in [1.54, 1.807) is 13.8 Å². The van der Waals surface area contributed by atoms with Gasteiger partial charge >= 0.3 is 5.97 Å². The third kappa shape index (κ3) is 3.11. The molecule has 0 saturated carbocycles. The van der Waals surface area contributed by atoms with Gasteiger partial charge in [-0.15, -0.1) is 0 Å². The zero-order valence-electron chi connectivity index (χ0n) is 11.3. The standard InChI is InChI=1S/C13H17ClO5/c1-5-19-13(16)11(15)10-7(2)12(18-4)9(17-3)6-8(10)14/h6,11,15H,5H2,1-4H3. The van der Waals surface area contributed by atoms with Crippen LogP contribution in [0.15, 0.2) is 6.07 Å². The summed E-state index contributed by atoms with van der Waals surface area (Å²) in [5.74, 6) is 0.106. The minimum Gasteiger partial charge on any atom is -0.493 e. The average molecular weight is 289 g/mol. The van der Waals surface area contributed by atoms with Crippen molar-refractivity contribution in [3.63, 3.8) is 0 Å². The van der Waals surface area contributed by atoms with Gasteiger partial charge in [0, 0.05) is 17.2 Å². The van der Waals surface area contributed by atoms with Gasteiger partial charge in [0.2, 0.25) is 0 Å². The van der Waals surface area contributed by atoms with Gasteiger partial charge in [-0.2, -0.15) is 0 Å². The fourth-order valence-corrected chi connectivity index (χ4v) is 2.17. The Kier molecular flexibility index (Phi) is 5.44. The van der Waals surface area contributed by atoms with E-state index in [0.29, 0.717) is 17.1 Å². The number of carbonyl (C=O) groups is 1. The molecule has 1 aromatic carbocycles. The summed E-state index contributed by atoms with van der Waals surface area (Å²) >= 11 is 6.08. The molecule has 19 heavy (non-hydrogen) atoms. The second kappa shape index (κ2) is 6.63. The number of aliphatic hydroxyl groups is 1. The van der Waals surface area contributed by atoms with Crippen molar-refractivity contribution in [2.75, 3.05) is 20.8 Å². The first-order chi connectivity index (χ1) is 8.97. The number of ether oxygens (including phenoxy) is 3. The fraction of sp³-hybridized carbons (Fsp3) is 0.462. The number of halogens is 1. The molecular weight excluding hydrogens is 272 g/mol. The van der Waals surface area contributed by atoms with Gasteiger partial charge in [-0.05, 0) is 13.8 Å². The molecule has 1 N–H and O–H groups in total. The fourth-order valence-electron chi connectivity index (χ4n) is 1.82. The van der Waals surface area contributed by atoms with Crippen LogP contribution in [0.3, 0.4) is 0 Å². The van der Waals surface area contributed by atoms with Crippen LogP contribution in [0.25, 0.3) is 0 Å². The first-order valence-electron chi connectivity index (χ1n) is 5.73. The van der Waals surface area contributed by atoms with Gasteiger partial charge in [0.1, 0.15) is 0 Å². The maximum absolute atomic E-state index is 11.6. The number of aliphatic hydroxyl groups excluding tert-OH is 1. The molecule has 6 heteroatoms. The average Bonchev–Trinajstić information content (AvgIpc) is 2.38. The SMILES string of the molecule is CCOC(=O)C(O)c1c(Cl)cc(OC)c(OC)c1C. The number of hydrogen-bond donors (Lipinski definition) is 1. The highest BCUT2D eigenvalue weighted by Gasteiger charge is 2.27. The van der Waals surface area contributed by atoms with Gasteiger partial charge in [-0.3, -0.25) is 0 Å². The highest BCUT2D eigenvalue weighted by atomic mass is 35.5. The van der Waals surface area contributed by atoms with Crippen LogP contribution in [0.2, 0.25) is 5.02 Å². The van der Waals surface area contributed by atoms with Crippen LogP contribution < -0.4 is 9.47 Å². The van der Waals surface area contributed by atoms with E-state index >= 15 is 0 Å². The molecule has 0 aromatic heterocycles. The topological polar surface area (TPSA) is 65.0 Å². The van der Waals surface area contributed by atoms with E-state index in [2.05, 4.69) is 0 Å². The summed E-state index contributed by atoms with van der Waals surface area (Å²) < 4.78 is 15.1. The van der Waals surface area contributed by atoms with Gasteiger partial charge in [0.05, 0.1) is 25.8 Å². The molecule has 0 heterocycles. The van der Waals surface area contributed by atoms with Gasteiger partial charge in [0.15, 0.2) is 17.6 Å². The molecule has 5 nitrogen and oxygen atoms in total. The number of rotatable bonds is 5. The van der Waals surface area contributed by atoms with Crippen LogP contribution >= 0.6 is 11.6 Å². The Hall–Kier alpha value is -1.46. The molecule has 1 rings (SSSR count). The number of hydrogen-bond acceptors (Lipinski definition) is 5. The van der Waals surface area contributed by atoms with Crippen LogP contribution in [0.4, 0.5) is 0 Å². The molecule has 0 fully saturated rings. The van der Waals surface area contributed by atoms with E-state index < -0.39 is 12.1 Å². The summed E-state index contributed by atoms with van der Waals surface area (Å²) in [5.41, 5.74) is 0.796. The van der Waals surface area contributed by atoms with E-state index in [1.165, 1.54) is 20.3 Å². The molecule has 0 bridgehead atoms. The van der Waals surface area contributed by atoms with E-state index in [0.717, 1.165) is 0 Å². The summed E-state index contributed by atoms with van der Waals surface area (Å²) in [6.45, 7) is 3.53. The highest BCUT2D eigenvalue weighted by Crippen LogP contribution is 2.40. The first-order valence-corrected chi connectivity index (χ1v) is 6.11. The lowest BCUT2D eigenvalue weighted by Gasteiger charge is -2.18. The van der Waals surface area contributed by atoms with E-state index in [9.17, 15) is 9.90 Å². The normalized spacial score (nSPS) is 11.9. The number of benzene rings is 1. The van der Waals surface area contributed by atoms with Crippen LogP contribution in [-0.4, -0.2) is 31.9 Å². The van der Waals surface area contributed by atoms with Crippen LogP contribution in [0.1, 0.15) is 24.2 Å². The zero-order chi connectivity index (χ0) is 14.6. The quantitative estimate of drug-likeness (QED) is 0.842.